The first-order valence-corrected chi connectivity index (χ1v) is 5.42. The van der Waals surface area contributed by atoms with Gasteiger partial charge in [0.1, 0.15) is 0 Å². The molecule has 2 N–H and O–H groups in total. The third kappa shape index (κ3) is 2.61. The van der Waals surface area contributed by atoms with Gasteiger partial charge in [-0.05, 0) is 30.4 Å². The number of thiophene rings is 1. The first-order valence-electron chi connectivity index (χ1n) is 4.54. The molecule has 1 aromatic rings. The molecule has 0 radical (unpaired) electrons. The molecule has 1 rings (SSSR count). The van der Waals surface area contributed by atoms with Gasteiger partial charge in [-0.15, -0.1) is 11.3 Å². The van der Waals surface area contributed by atoms with Crippen molar-refractivity contribution in [3.05, 3.63) is 21.9 Å². The molecule has 0 saturated heterocycles. The lowest BCUT2D eigenvalue weighted by Crippen LogP contribution is -2.07. The molecule has 1 atom stereocenters. The molecular formula is C10H17NS. The van der Waals surface area contributed by atoms with Gasteiger partial charge in [-0.1, -0.05) is 19.8 Å². The topological polar surface area (TPSA) is 26.0 Å². The molecule has 68 valence electrons. The van der Waals surface area contributed by atoms with E-state index in [1.54, 1.807) is 11.3 Å². The molecule has 0 spiro atoms. The number of rotatable bonds is 4. The minimum absolute atomic E-state index is 0.267. The summed E-state index contributed by atoms with van der Waals surface area (Å²) in [6.45, 7) is 4.32. The van der Waals surface area contributed by atoms with Gasteiger partial charge in [0.05, 0.1) is 0 Å². The first-order chi connectivity index (χ1) is 5.74. The molecule has 0 aliphatic carbocycles. The molecule has 1 nitrogen and oxygen atoms in total. The summed E-state index contributed by atoms with van der Waals surface area (Å²) in [7, 11) is 0. The van der Waals surface area contributed by atoms with Crippen LogP contribution in [0.25, 0.3) is 0 Å². The summed E-state index contributed by atoms with van der Waals surface area (Å²) in [5, 5.41) is 2.17. The molecular weight excluding hydrogens is 166 g/mol. The fourth-order valence-electron chi connectivity index (χ4n) is 1.21. The Balaban J connectivity index is 2.47. The van der Waals surface area contributed by atoms with Crippen LogP contribution in [0.2, 0.25) is 0 Å². The van der Waals surface area contributed by atoms with Crippen LogP contribution in [0.5, 0.6) is 0 Å². The van der Waals surface area contributed by atoms with Gasteiger partial charge in [0.25, 0.3) is 0 Å². The van der Waals surface area contributed by atoms with Crippen molar-refractivity contribution in [3.63, 3.8) is 0 Å². The lowest BCUT2D eigenvalue weighted by Gasteiger charge is -2.07. The van der Waals surface area contributed by atoms with Gasteiger partial charge < -0.3 is 5.73 Å². The van der Waals surface area contributed by atoms with Gasteiger partial charge in [-0.25, -0.2) is 0 Å². The summed E-state index contributed by atoms with van der Waals surface area (Å²) in [5.41, 5.74) is 7.34. The molecule has 0 bridgehead atoms. The second-order valence-corrected chi connectivity index (χ2v) is 4.22. The smallest absolute Gasteiger partial charge is 0.0389 e. The number of nitrogens with two attached hydrogens (primary N) is 1. The molecule has 1 aromatic heterocycles. The maximum absolute atomic E-state index is 6.00. The van der Waals surface area contributed by atoms with E-state index in [4.69, 9.17) is 5.73 Å². The van der Waals surface area contributed by atoms with E-state index in [1.807, 2.05) is 0 Å². The van der Waals surface area contributed by atoms with Crippen molar-refractivity contribution in [3.8, 4) is 0 Å². The molecule has 1 heterocycles. The lowest BCUT2D eigenvalue weighted by atomic mass is 10.1. The molecule has 0 aliphatic heterocycles. The van der Waals surface area contributed by atoms with Gasteiger partial charge >= 0.3 is 0 Å². The van der Waals surface area contributed by atoms with Crippen LogP contribution in [-0.4, -0.2) is 0 Å². The van der Waals surface area contributed by atoms with Crippen LogP contribution in [0.1, 0.15) is 42.7 Å². The molecule has 0 amide bonds. The molecule has 0 aromatic carbocycles. The third-order valence-electron chi connectivity index (χ3n) is 1.98. The van der Waals surface area contributed by atoms with E-state index in [0.29, 0.717) is 0 Å². The fraction of sp³-hybridized carbons (Fsp3) is 0.600. The van der Waals surface area contributed by atoms with Crippen LogP contribution >= 0.6 is 11.3 Å². The average Bonchev–Trinajstić information content (AvgIpc) is 2.47. The Morgan fingerprint density at radius 3 is 2.83 bits per heavy atom. The van der Waals surface area contributed by atoms with E-state index in [0.717, 1.165) is 6.42 Å². The Kier molecular flexibility index (Phi) is 3.76. The van der Waals surface area contributed by atoms with Crippen molar-refractivity contribution in [2.24, 2.45) is 5.73 Å². The van der Waals surface area contributed by atoms with Gasteiger partial charge in [0.15, 0.2) is 0 Å². The van der Waals surface area contributed by atoms with E-state index in [9.17, 15) is 0 Å². The summed E-state index contributed by atoms with van der Waals surface area (Å²) < 4.78 is 0. The zero-order valence-electron chi connectivity index (χ0n) is 7.84. The Morgan fingerprint density at radius 2 is 2.33 bits per heavy atom. The highest BCUT2D eigenvalue weighted by Crippen LogP contribution is 2.23. The molecule has 0 fully saturated rings. The van der Waals surface area contributed by atoms with Crippen molar-refractivity contribution in [2.45, 2.75) is 39.2 Å². The second-order valence-electron chi connectivity index (χ2n) is 3.28. The first kappa shape index (κ1) is 9.75. The minimum atomic E-state index is 0.267. The van der Waals surface area contributed by atoms with Gasteiger partial charge in [0.2, 0.25) is 0 Å². The monoisotopic (exact) mass is 183 g/mol. The summed E-state index contributed by atoms with van der Waals surface area (Å²) in [4.78, 5) is 1.33. The van der Waals surface area contributed by atoms with Crippen LogP contribution in [0.4, 0.5) is 0 Å². The van der Waals surface area contributed by atoms with Crippen LogP contribution in [-0.2, 0) is 0 Å². The Morgan fingerprint density at radius 1 is 1.58 bits per heavy atom. The van der Waals surface area contributed by atoms with Crippen molar-refractivity contribution >= 4 is 11.3 Å². The van der Waals surface area contributed by atoms with E-state index >= 15 is 0 Å². The lowest BCUT2D eigenvalue weighted by molar-refractivity contribution is 0.611. The Bertz CT molecular complexity index is 229. The van der Waals surface area contributed by atoms with Crippen molar-refractivity contribution in [1.29, 1.82) is 0 Å². The molecule has 2 heteroatoms. The number of hydrogen-bond acceptors (Lipinski definition) is 2. The summed E-state index contributed by atoms with van der Waals surface area (Å²) >= 11 is 1.78. The predicted octanol–water partition coefficient (Wildman–Crippen LogP) is 3.25. The summed E-state index contributed by atoms with van der Waals surface area (Å²) in [5.74, 6) is 0. The number of aryl methyl sites for hydroxylation is 1. The van der Waals surface area contributed by atoms with E-state index in [-0.39, 0.29) is 6.04 Å². The maximum Gasteiger partial charge on any atom is 0.0389 e. The van der Waals surface area contributed by atoms with Gasteiger partial charge in [-0.3, -0.25) is 0 Å². The summed E-state index contributed by atoms with van der Waals surface area (Å²) in [6.07, 6.45) is 3.59. The van der Waals surface area contributed by atoms with Crippen LogP contribution < -0.4 is 5.73 Å². The van der Waals surface area contributed by atoms with E-state index < -0.39 is 0 Å². The van der Waals surface area contributed by atoms with Crippen molar-refractivity contribution in [1.82, 2.24) is 0 Å². The molecule has 0 aliphatic rings. The third-order valence-corrected chi connectivity index (χ3v) is 3.17. The van der Waals surface area contributed by atoms with E-state index in [1.165, 1.54) is 23.3 Å². The van der Waals surface area contributed by atoms with Crippen molar-refractivity contribution < 1.29 is 0 Å². The van der Waals surface area contributed by atoms with Gasteiger partial charge in [0, 0.05) is 10.9 Å². The zero-order chi connectivity index (χ0) is 8.97. The molecule has 12 heavy (non-hydrogen) atoms. The van der Waals surface area contributed by atoms with Crippen LogP contribution in [0.15, 0.2) is 11.4 Å². The van der Waals surface area contributed by atoms with Crippen LogP contribution in [0.3, 0.4) is 0 Å². The quantitative estimate of drug-likeness (QED) is 0.762. The minimum Gasteiger partial charge on any atom is -0.323 e. The van der Waals surface area contributed by atoms with Crippen molar-refractivity contribution in [2.75, 3.05) is 0 Å². The highest BCUT2D eigenvalue weighted by Gasteiger charge is 2.06. The molecule has 0 saturated carbocycles. The zero-order valence-corrected chi connectivity index (χ0v) is 8.66. The average molecular weight is 183 g/mol. The van der Waals surface area contributed by atoms with E-state index in [2.05, 4.69) is 25.3 Å². The maximum atomic E-state index is 6.00. The predicted molar refractivity (Wildman–Crippen MR) is 55.5 cm³/mol. The standard InChI is InChI=1S/C10H17NS/c1-3-4-5-9(11)10-6-8(2)7-12-10/h6-7,9H,3-5,11H2,1-2H3. The number of unbranched alkanes of at least 4 members (excludes halogenated alkanes) is 1. The SMILES string of the molecule is CCCCC(N)c1cc(C)cs1. The second kappa shape index (κ2) is 4.63. The van der Waals surface area contributed by atoms with Gasteiger partial charge in [-0.2, -0.15) is 0 Å². The highest BCUT2D eigenvalue weighted by atomic mass is 32.1. The number of hydrogen-bond donors (Lipinski definition) is 1. The Hall–Kier alpha value is -0.340. The largest absolute Gasteiger partial charge is 0.323 e. The molecule has 1 unspecified atom stereocenters. The van der Waals surface area contributed by atoms with Crippen LogP contribution in [0, 0.1) is 6.92 Å². The normalized spacial score (nSPS) is 13.2. The fourth-order valence-corrected chi connectivity index (χ4v) is 2.15. The Labute approximate surface area is 78.6 Å². The highest BCUT2D eigenvalue weighted by molar-refractivity contribution is 7.10. The summed E-state index contributed by atoms with van der Waals surface area (Å²) in [6, 6.07) is 2.47.